The number of carboxylic acids is 1. The van der Waals surface area contributed by atoms with Gasteiger partial charge in [0.25, 0.3) is 0 Å². The van der Waals surface area contributed by atoms with E-state index < -0.39 is 5.97 Å². The molecule has 0 bridgehead atoms. The maximum atomic E-state index is 10.7. The van der Waals surface area contributed by atoms with Gasteiger partial charge >= 0.3 is 5.97 Å². The minimum absolute atomic E-state index is 0.0835. The van der Waals surface area contributed by atoms with Gasteiger partial charge in [0.1, 0.15) is 0 Å². The van der Waals surface area contributed by atoms with Crippen molar-refractivity contribution in [2.45, 2.75) is 18.4 Å². The SMILES string of the molecule is NC1CC(c2cccs2)CN(CC(=O)O)C1. The fourth-order valence-electron chi connectivity index (χ4n) is 2.28. The van der Waals surface area contributed by atoms with Gasteiger partial charge in [-0.3, -0.25) is 9.69 Å². The topological polar surface area (TPSA) is 66.6 Å². The van der Waals surface area contributed by atoms with E-state index in [1.807, 2.05) is 11.0 Å². The van der Waals surface area contributed by atoms with E-state index in [9.17, 15) is 4.79 Å². The lowest BCUT2D eigenvalue weighted by Crippen LogP contribution is -2.47. The van der Waals surface area contributed by atoms with Crippen LogP contribution in [-0.2, 0) is 4.79 Å². The maximum Gasteiger partial charge on any atom is 0.317 e. The van der Waals surface area contributed by atoms with E-state index in [1.54, 1.807) is 11.3 Å². The first kappa shape index (κ1) is 11.6. The number of carboxylic acid groups (broad SMARTS) is 1. The van der Waals surface area contributed by atoms with Gasteiger partial charge in [0, 0.05) is 29.9 Å². The molecule has 88 valence electrons. The fourth-order valence-corrected chi connectivity index (χ4v) is 3.12. The summed E-state index contributed by atoms with van der Waals surface area (Å²) >= 11 is 1.72. The zero-order chi connectivity index (χ0) is 11.5. The molecule has 1 aliphatic rings. The molecule has 0 radical (unpaired) electrons. The zero-order valence-corrected chi connectivity index (χ0v) is 9.82. The van der Waals surface area contributed by atoms with Crippen molar-refractivity contribution in [1.82, 2.24) is 4.90 Å². The molecule has 1 fully saturated rings. The highest BCUT2D eigenvalue weighted by Crippen LogP contribution is 2.29. The lowest BCUT2D eigenvalue weighted by Gasteiger charge is -2.34. The summed E-state index contributed by atoms with van der Waals surface area (Å²) in [5.74, 6) is -0.387. The van der Waals surface area contributed by atoms with Crippen LogP contribution in [0, 0.1) is 0 Å². The molecule has 1 saturated heterocycles. The number of thiophene rings is 1. The average molecular weight is 240 g/mol. The summed E-state index contributed by atoms with van der Waals surface area (Å²) in [6.07, 6.45) is 0.955. The number of aliphatic carboxylic acids is 1. The second-order valence-corrected chi connectivity index (χ2v) is 5.28. The molecule has 2 rings (SSSR count). The van der Waals surface area contributed by atoms with E-state index in [4.69, 9.17) is 10.8 Å². The van der Waals surface area contributed by atoms with Crippen LogP contribution in [0.1, 0.15) is 17.2 Å². The largest absolute Gasteiger partial charge is 0.480 e. The zero-order valence-electron chi connectivity index (χ0n) is 9.00. The Morgan fingerprint density at radius 1 is 1.62 bits per heavy atom. The van der Waals surface area contributed by atoms with Crippen molar-refractivity contribution in [3.05, 3.63) is 22.4 Å². The molecule has 1 aromatic rings. The van der Waals surface area contributed by atoms with Gasteiger partial charge in [-0.1, -0.05) is 6.07 Å². The first-order valence-corrected chi connectivity index (χ1v) is 6.26. The van der Waals surface area contributed by atoms with Gasteiger partial charge in [-0.05, 0) is 17.9 Å². The van der Waals surface area contributed by atoms with Crippen LogP contribution in [0.2, 0.25) is 0 Å². The molecule has 0 saturated carbocycles. The van der Waals surface area contributed by atoms with Crippen molar-refractivity contribution in [2.75, 3.05) is 19.6 Å². The van der Waals surface area contributed by atoms with Crippen LogP contribution in [0.3, 0.4) is 0 Å². The summed E-state index contributed by atoms with van der Waals surface area (Å²) in [6.45, 7) is 1.59. The first-order chi connectivity index (χ1) is 7.65. The highest BCUT2D eigenvalue weighted by Gasteiger charge is 2.27. The molecule has 1 aliphatic heterocycles. The Morgan fingerprint density at radius 2 is 2.44 bits per heavy atom. The maximum absolute atomic E-state index is 10.7. The van der Waals surface area contributed by atoms with Crippen LogP contribution in [-0.4, -0.2) is 41.7 Å². The second kappa shape index (κ2) is 4.95. The molecule has 16 heavy (non-hydrogen) atoms. The summed E-state index contributed by atoms with van der Waals surface area (Å²) in [4.78, 5) is 13.9. The second-order valence-electron chi connectivity index (χ2n) is 4.30. The van der Waals surface area contributed by atoms with E-state index >= 15 is 0 Å². The van der Waals surface area contributed by atoms with Gasteiger partial charge in [0.05, 0.1) is 6.54 Å². The minimum atomic E-state index is -0.779. The van der Waals surface area contributed by atoms with E-state index in [1.165, 1.54) is 4.88 Å². The van der Waals surface area contributed by atoms with Crippen molar-refractivity contribution >= 4 is 17.3 Å². The third kappa shape index (κ3) is 2.81. The molecule has 2 heterocycles. The molecule has 2 unspecified atom stereocenters. The van der Waals surface area contributed by atoms with Crippen molar-refractivity contribution in [2.24, 2.45) is 5.73 Å². The smallest absolute Gasteiger partial charge is 0.317 e. The van der Waals surface area contributed by atoms with Crippen LogP contribution >= 0.6 is 11.3 Å². The molecule has 5 heteroatoms. The Bertz CT molecular complexity index is 353. The molecule has 1 aromatic heterocycles. The average Bonchev–Trinajstić information content (AvgIpc) is 2.67. The quantitative estimate of drug-likeness (QED) is 0.825. The van der Waals surface area contributed by atoms with E-state index in [-0.39, 0.29) is 12.6 Å². The van der Waals surface area contributed by atoms with Crippen LogP contribution in [0.25, 0.3) is 0 Å². The molecule has 3 N–H and O–H groups in total. The number of piperidine rings is 1. The van der Waals surface area contributed by atoms with Gasteiger partial charge in [-0.2, -0.15) is 0 Å². The van der Waals surface area contributed by atoms with Crippen molar-refractivity contribution in [1.29, 1.82) is 0 Å². The van der Waals surface area contributed by atoms with E-state index in [0.717, 1.165) is 13.0 Å². The predicted octanol–water partition coefficient (Wildman–Crippen LogP) is 0.949. The lowest BCUT2D eigenvalue weighted by atomic mass is 9.93. The van der Waals surface area contributed by atoms with Crippen molar-refractivity contribution < 1.29 is 9.90 Å². The van der Waals surface area contributed by atoms with Crippen molar-refractivity contribution in [3.63, 3.8) is 0 Å². The number of hydrogen-bond donors (Lipinski definition) is 2. The molecular formula is C11H16N2O2S. The van der Waals surface area contributed by atoms with Crippen LogP contribution in [0.15, 0.2) is 17.5 Å². The highest BCUT2D eigenvalue weighted by atomic mass is 32.1. The summed E-state index contributed by atoms with van der Waals surface area (Å²) in [5, 5.41) is 10.8. The Balaban J connectivity index is 2.02. The molecule has 0 aromatic carbocycles. The predicted molar refractivity (Wildman–Crippen MR) is 63.7 cm³/mol. The number of likely N-dealkylation sites (tertiary alicyclic amines) is 1. The molecule has 0 aliphatic carbocycles. The van der Waals surface area contributed by atoms with Gasteiger partial charge in [-0.25, -0.2) is 0 Å². The van der Waals surface area contributed by atoms with Crippen LogP contribution < -0.4 is 5.73 Å². The summed E-state index contributed by atoms with van der Waals surface area (Å²) < 4.78 is 0. The molecular weight excluding hydrogens is 224 g/mol. The van der Waals surface area contributed by atoms with E-state index in [0.29, 0.717) is 12.5 Å². The van der Waals surface area contributed by atoms with Gasteiger partial charge in [0.15, 0.2) is 0 Å². The number of nitrogens with zero attached hydrogens (tertiary/aromatic N) is 1. The Hall–Kier alpha value is -0.910. The normalized spacial score (nSPS) is 26.8. The standard InChI is InChI=1S/C11H16N2O2S/c12-9-4-8(10-2-1-3-16-10)5-13(6-9)7-11(14)15/h1-3,8-9H,4-7,12H2,(H,14,15). The van der Waals surface area contributed by atoms with E-state index in [2.05, 4.69) is 11.4 Å². The molecule has 0 amide bonds. The lowest BCUT2D eigenvalue weighted by molar-refractivity contribution is -0.138. The highest BCUT2D eigenvalue weighted by molar-refractivity contribution is 7.10. The minimum Gasteiger partial charge on any atom is -0.480 e. The number of rotatable bonds is 3. The van der Waals surface area contributed by atoms with Gasteiger partial charge in [-0.15, -0.1) is 11.3 Å². The summed E-state index contributed by atoms with van der Waals surface area (Å²) in [5.41, 5.74) is 5.97. The number of hydrogen-bond acceptors (Lipinski definition) is 4. The fraction of sp³-hybridized carbons (Fsp3) is 0.545. The van der Waals surface area contributed by atoms with Gasteiger partial charge < -0.3 is 10.8 Å². The molecule has 2 atom stereocenters. The van der Waals surface area contributed by atoms with Gasteiger partial charge in [0.2, 0.25) is 0 Å². The van der Waals surface area contributed by atoms with Crippen molar-refractivity contribution in [3.8, 4) is 0 Å². The summed E-state index contributed by atoms with van der Waals surface area (Å²) in [6, 6.07) is 4.22. The Labute approximate surface area is 98.7 Å². The number of nitrogens with two attached hydrogens (primary N) is 1. The summed E-state index contributed by atoms with van der Waals surface area (Å²) in [7, 11) is 0. The first-order valence-electron chi connectivity index (χ1n) is 5.38. The van der Waals surface area contributed by atoms with Crippen LogP contribution in [0.5, 0.6) is 0 Å². The Morgan fingerprint density at radius 3 is 3.06 bits per heavy atom. The monoisotopic (exact) mass is 240 g/mol. The Kier molecular flexibility index (Phi) is 3.58. The van der Waals surface area contributed by atoms with Crippen LogP contribution in [0.4, 0.5) is 0 Å². The third-order valence-electron chi connectivity index (χ3n) is 2.86. The third-order valence-corrected chi connectivity index (χ3v) is 3.90. The number of carbonyl (C=O) groups is 1. The molecule has 0 spiro atoms. The molecule has 4 nitrogen and oxygen atoms in total.